The number of hydrogen-bond donors (Lipinski definition) is 1. The highest BCUT2D eigenvalue weighted by molar-refractivity contribution is 7.89. The summed E-state index contributed by atoms with van der Waals surface area (Å²) in [4.78, 5) is 0. The van der Waals surface area contributed by atoms with Crippen LogP contribution in [0.4, 0.5) is 0 Å². The van der Waals surface area contributed by atoms with Crippen molar-refractivity contribution in [3.8, 4) is 0 Å². The van der Waals surface area contributed by atoms with Crippen LogP contribution in [-0.2, 0) is 34.3 Å². The molecule has 1 aliphatic heterocycles. The Labute approximate surface area is 107 Å². The maximum atomic E-state index is 11.5. The van der Waals surface area contributed by atoms with Crippen molar-refractivity contribution in [2.24, 2.45) is 0 Å². The topological polar surface area (TPSA) is 73.2 Å². The molecule has 1 aromatic heterocycles. The van der Waals surface area contributed by atoms with Crippen molar-refractivity contribution in [2.45, 2.75) is 32.9 Å². The molecule has 0 amide bonds. The van der Waals surface area contributed by atoms with Crippen LogP contribution in [0.3, 0.4) is 0 Å². The first-order chi connectivity index (χ1) is 8.62. The molecule has 0 fully saturated rings. The first-order valence-corrected chi connectivity index (χ1v) is 7.86. The van der Waals surface area contributed by atoms with Gasteiger partial charge in [-0.1, -0.05) is 6.92 Å². The summed E-state index contributed by atoms with van der Waals surface area (Å²) in [6, 6.07) is 0. The van der Waals surface area contributed by atoms with Crippen molar-refractivity contribution in [3.05, 3.63) is 17.5 Å². The van der Waals surface area contributed by atoms with Crippen LogP contribution in [0.1, 0.15) is 24.6 Å². The molecule has 1 aliphatic rings. The first kappa shape index (κ1) is 13.5. The quantitative estimate of drug-likeness (QED) is 0.808. The number of nitrogens with one attached hydrogen (secondary N) is 1. The lowest BCUT2D eigenvalue weighted by molar-refractivity contribution is 0.109. The molecule has 1 N–H and O–H groups in total. The average molecular weight is 273 g/mol. The summed E-state index contributed by atoms with van der Waals surface area (Å²) < 4.78 is 32.8. The Morgan fingerprint density at radius 2 is 2.39 bits per heavy atom. The summed E-state index contributed by atoms with van der Waals surface area (Å²) in [6.45, 7) is 4.12. The van der Waals surface area contributed by atoms with Gasteiger partial charge in [-0.05, 0) is 6.42 Å². The standard InChI is InChI=1S/C11H19N3O3S/c1-2-7-18(15,16)13-4-5-14-11-3-6-17-9-10(11)8-12-14/h8,13H,2-7,9H2,1H3. The fraction of sp³-hybridized carbons (Fsp3) is 0.727. The van der Waals surface area contributed by atoms with Gasteiger partial charge in [-0.2, -0.15) is 5.10 Å². The normalized spacial score (nSPS) is 15.6. The minimum Gasteiger partial charge on any atom is -0.376 e. The monoisotopic (exact) mass is 273 g/mol. The van der Waals surface area contributed by atoms with E-state index in [1.807, 2.05) is 11.6 Å². The van der Waals surface area contributed by atoms with Gasteiger partial charge in [0.15, 0.2) is 0 Å². The minimum atomic E-state index is -3.12. The third-order valence-electron chi connectivity index (χ3n) is 2.89. The second-order valence-corrected chi connectivity index (χ2v) is 6.28. The Kier molecular flexibility index (Phi) is 4.36. The second kappa shape index (κ2) is 5.81. The molecule has 2 rings (SSSR count). The van der Waals surface area contributed by atoms with E-state index in [2.05, 4.69) is 9.82 Å². The average Bonchev–Trinajstić information content (AvgIpc) is 2.73. The Bertz CT molecular complexity index is 496. The molecule has 0 aromatic carbocycles. The SMILES string of the molecule is CCCS(=O)(=O)NCCn1ncc2c1CCOC2. The summed E-state index contributed by atoms with van der Waals surface area (Å²) in [5.41, 5.74) is 2.27. The van der Waals surface area contributed by atoms with E-state index in [9.17, 15) is 8.42 Å². The second-order valence-electron chi connectivity index (χ2n) is 4.36. The molecule has 0 aliphatic carbocycles. The van der Waals surface area contributed by atoms with Crippen LogP contribution >= 0.6 is 0 Å². The molecule has 0 unspecified atom stereocenters. The third kappa shape index (κ3) is 3.30. The summed E-state index contributed by atoms with van der Waals surface area (Å²) in [6.07, 6.45) is 3.27. The molecule has 7 heteroatoms. The maximum absolute atomic E-state index is 11.5. The predicted octanol–water partition coefficient (Wildman–Crippen LogP) is 0.285. The van der Waals surface area contributed by atoms with Gasteiger partial charge in [-0.3, -0.25) is 4.68 Å². The van der Waals surface area contributed by atoms with Crippen LogP contribution < -0.4 is 4.72 Å². The highest BCUT2D eigenvalue weighted by Gasteiger charge is 2.15. The van der Waals surface area contributed by atoms with Crippen LogP contribution in [0.25, 0.3) is 0 Å². The van der Waals surface area contributed by atoms with E-state index in [0.29, 0.717) is 32.7 Å². The molecule has 0 radical (unpaired) electrons. The van der Waals surface area contributed by atoms with Crippen molar-refractivity contribution in [3.63, 3.8) is 0 Å². The summed E-state index contributed by atoms with van der Waals surface area (Å²) >= 11 is 0. The van der Waals surface area contributed by atoms with E-state index in [-0.39, 0.29) is 5.75 Å². The zero-order chi connectivity index (χ0) is 13.0. The molecular weight excluding hydrogens is 254 g/mol. The first-order valence-electron chi connectivity index (χ1n) is 6.21. The van der Waals surface area contributed by atoms with Crippen LogP contribution in [0.15, 0.2) is 6.20 Å². The van der Waals surface area contributed by atoms with E-state index in [1.165, 1.54) is 0 Å². The zero-order valence-corrected chi connectivity index (χ0v) is 11.4. The van der Waals surface area contributed by atoms with E-state index in [1.54, 1.807) is 6.20 Å². The fourth-order valence-electron chi connectivity index (χ4n) is 2.05. The van der Waals surface area contributed by atoms with Gasteiger partial charge >= 0.3 is 0 Å². The number of ether oxygens (including phenoxy) is 1. The number of rotatable bonds is 6. The lowest BCUT2D eigenvalue weighted by atomic mass is 10.2. The van der Waals surface area contributed by atoms with E-state index >= 15 is 0 Å². The molecule has 102 valence electrons. The van der Waals surface area contributed by atoms with Crippen molar-refractivity contribution in [1.82, 2.24) is 14.5 Å². The van der Waals surface area contributed by atoms with Gasteiger partial charge in [-0.15, -0.1) is 0 Å². The van der Waals surface area contributed by atoms with E-state index < -0.39 is 10.0 Å². The van der Waals surface area contributed by atoms with Crippen molar-refractivity contribution < 1.29 is 13.2 Å². The fourth-order valence-corrected chi connectivity index (χ4v) is 3.14. The van der Waals surface area contributed by atoms with Crippen LogP contribution in [0.2, 0.25) is 0 Å². The van der Waals surface area contributed by atoms with Gasteiger partial charge in [0.05, 0.1) is 31.7 Å². The number of sulfonamides is 1. The van der Waals surface area contributed by atoms with E-state index in [0.717, 1.165) is 17.7 Å². The van der Waals surface area contributed by atoms with Gasteiger partial charge < -0.3 is 4.74 Å². The molecule has 0 bridgehead atoms. The maximum Gasteiger partial charge on any atom is 0.211 e. The molecule has 0 saturated carbocycles. The molecule has 6 nitrogen and oxygen atoms in total. The van der Waals surface area contributed by atoms with E-state index in [4.69, 9.17) is 4.74 Å². The number of aromatic nitrogens is 2. The largest absolute Gasteiger partial charge is 0.376 e. The van der Waals surface area contributed by atoms with Crippen LogP contribution in [-0.4, -0.2) is 37.1 Å². The van der Waals surface area contributed by atoms with Crippen molar-refractivity contribution in [1.29, 1.82) is 0 Å². The van der Waals surface area contributed by atoms with Gasteiger partial charge in [0, 0.05) is 24.2 Å². The Morgan fingerprint density at radius 1 is 1.56 bits per heavy atom. The number of fused-ring (bicyclic) bond motifs is 1. The lowest BCUT2D eigenvalue weighted by Gasteiger charge is -2.14. The minimum absolute atomic E-state index is 0.179. The smallest absolute Gasteiger partial charge is 0.211 e. The van der Waals surface area contributed by atoms with Gasteiger partial charge in [0.1, 0.15) is 0 Å². The molecule has 0 spiro atoms. The molecule has 2 heterocycles. The Hall–Kier alpha value is -0.920. The summed E-state index contributed by atoms with van der Waals surface area (Å²) in [5, 5.41) is 4.27. The highest BCUT2D eigenvalue weighted by atomic mass is 32.2. The van der Waals surface area contributed by atoms with Crippen molar-refractivity contribution in [2.75, 3.05) is 18.9 Å². The number of nitrogens with zero attached hydrogens (tertiary/aromatic N) is 2. The number of hydrogen-bond acceptors (Lipinski definition) is 4. The van der Waals surface area contributed by atoms with Gasteiger partial charge in [0.2, 0.25) is 10.0 Å². The highest BCUT2D eigenvalue weighted by Crippen LogP contribution is 2.15. The van der Waals surface area contributed by atoms with Crippen LogP contribution in [0, 0.1) is 0 Å². The third-order valence-corrected chi connectivity index (χ3v) is 4.48. The predicted molar refractivity (Wildman–Crippen MR) is 67.7 cm³/mol. The van der Waals surface area contributed by atoms with Gasteiger partial charge in [0.25, 0.3) is 0 Å². The summed E-state index contributed by atoms with van der Waals surface area (Å²) in [7, 11) is -3.12. The Balaban J connectivity index is 1.89. The van der Waals surface area contributed by atoms with Gasteiger partial charge in [-0.25, -0.2) is 13.1 Å². The Morgan fingerprint density at radius 3 is 3.17 bits per heavy atom. The molecule has 18 heavy (non-hydrogen) atoms. The lowest BCUT2D eigenvalue weighted by Crippen LogP contribution is -2.30. The van der Waals surface area contributed by atoms with Crippen LogP contribution in [0.5, 0.6) is 0 Å². The molecule has 0 atom stereocenters. The molecule has 1 aromatic rings. The molecule has 0 saturated heterocycles. The van der Waals surface area contributed by atoms with Crippen molar-refractivity contribution >= 4 is 10.0 Å². The summed E-state index contributed by atoms with van der Waals surface area (Å²) in [5.74, 6) is 0.179. The zero-order valence-electron chi connectivity index (χ0n) is 10.6. The molecular formula is C11H19N3O3S.